The number of fused-ring (bicyclic) bond motifs is 1. The summed E-state index contributed by atoms with van der Waals surface area (Å²) in [4.78, 5) is 28.1. The first-order valence-electron chi connectivity index (χ1n) is 10.5. The fourth-order valence-electron chi connectivity index (χ4n) is 3.81. The summed E-state index contributed by atoms with van der Waals surface area (Å²) >= 11 is 1.16. The van der Waals surface area contributed by atoms with Crippen LogP contribution in [0.1, 0.15) is 25.7 Å². The van der Waals surface area contributed by atoms with Crippen molar-refractivity contribution in [2.75, 3.05) is 30.2 Å². The summed E-state index contributed by atoms with van der Waals surface area (Å²) in [5.74, 6) is -0.216. The van der Waals surface area contributed by atoms with Crippen LogP contribution in [0, 0.1) is 0 Å². The molecule has 0 unspecified atom stereocenters. The lowest BCUT2D eigenvalue weighted by Gasteiger charge is -2.28. The third-order valence-electron chi connectivity index (χ3n) is 5.50. The van der Waals surface area contributed by atoms with Crippen LogP contribution in [0.15, 0.2) is 52.3 Å². The van der Waals surface area contributed by atoms with Gasteiger partial charge >= 0.3 is 0 Å². The van der Waals surface area contributed by atoms with Crippen LogP contribution in [0.2, 0.25) is 0 Å². The number of anilines is 2. The van der Waals surface area contributed by atoms with Gasteiger partial charge in [-0.2, -0.15) is 0 Å². The van der Waals surface area contributed by atoms with Gasteiger partial charge in [0.2, 0.25) is 11.8 Å². The minimum absolute atomic E-state index is 0.000325. The molecular formula is C22H25N3O5S2. The van der Waals surface area contributed by atoms with Gasteiger partial charge in [-0.25, -0.2) is 8.42 Å². The van der Waals surface area contributed by atoms with Crippen molar-refractivity contribution in [3.05, 3.63) is 42.5 Å². The van der Waals surface area contributed by atoms with Gasteiger partial charge in [-0.05, 0) is 43.2 Å². The number of hydrogen-bond donors (Lipinski definition) is 2. The number of thioether (sulfide) groups is 1. The lowest BCUT2D eigenvalue weighted by atomic mass is 10.2. The molecule has 2 aromatic rings. The number of hydrogen-bond acceptors (Lipinski definition) is 6. The van der Waals surface area contributed by atoms with Gasteiger partial charge in [-0.1, -0.05) is 25.0 Å². The van der Waals surface area contributed by atoms with Crippen LogP contribution in [0.4, 0.5) is 11.4 Å². The first-order valence-corrected chi connectivity index (χ1v) is 12.8. The number of carbonyl (C=O) groups excluding carboxylic acids is 2. The maximum Gasteiger partial charge on any atom is 0.262 e. The third-order valence-corrected chi connectivity index (χ3v) is 8.12. The molecule has 2 heterocycles. The summed E-state index contributed by atoms with van der Waals surface area (Å²) < 4.78 is 33.5. The number of benzene rings is 2. The van der Waals surface area contributed by atoms with Crippen molar-refractivity contribution in [2.24, 2.45) is 0 Å². The molecule has 1 atom stereocenters. The van der Waals surface area contributed by atoms with E-state index in [-0.39, 0.29) is 10.8 Å². The second-order valence-corrected chi connectivity index (χ2v) is 10.5. The molecule has 8 nitrogen and oxygen atoms in total. The molecule has 2 aliphatic rings. The lowest BCUT2D eigenvalue weighted by Crippen LogP contribution is -2.45. The zero-order valence-corrected chi connectivity index (χ0v) is 19.3. The maximum atomic E-state index is 12.9. The number of nitrogens with one attached hydrogen (secondary N) is 2. The SMILES string of the molecule is COc1ccccc1NS(=O)(=O)c1ccc2c(c1)NC(=O)[C@@H](C(=O)N1CCCCCC1)S2. The zero-order valence-electron chi connectivity index (χ0n) is 17.7. The molecule has 2 N–H and O–H groups in total. The minimum Gasteiger partial charge on any atom is -0.495 e. The van der Waals surface area contributed by atoms with Crippen molar-refractivity contribution in [3.63, 3.8) is 0 Å². The number of amides is 2. The molecule has 170 valence electrons. The molecule has 0 aromatic heterocycles. The van der Waals surface area contributed by atoms with Gasteiger partial charge < -0.3 is 15.0 Å². The topological polar surface area (TPSA) is 105 Å². The highest BCUT2D eigenvalue weighted by Crippen LogP contribution is 2.38. The first-order chi connectivity index (χ1) is 15.4. The number of likely N-dealkylation sites (tertiary alicyclic amines) is 1. The smallest absolute Gasteiger partial charge is 0.262 e. The molecule has 0 aliphatic carbocycles. The fraction of sp³-hybridized carbons (Fsp3) is 0.364. The van der Waals surface area contributed by atoms with Crippen molar-refractivity contribution in [1.29, 1.82) is 0 Å². The average molecular weight is 476 g/mol. The van der Waals surface area contributed by atoms with Crippen molar-refractivity contribution in [3.8, 4) is 5.75 Å². The van der Waals surface area contributed by atoms with Gasteiger partial charge in [0.05, 0.1) is 23.4 Å². The number of sulfonamides is 1. The Morgan fingerprint density at radius 3 is 2.56 bits per heavy atom. The van der Waals surface area contributed by atoms with Crippen LogP contribution >= 0.6 is 11.8 Å². The maximum absolute atomic E-state index is 12.9. The minimum atomic E-state index is -3.91. The third kappa shape index (κ3) is 4.71. The average Bonchev–Trinajstić information content (AvgIpc) is 3.07. The normalized spacial score (nSPS) is 18.8. The summed E-state index contributed by atoms with van der Waals surface area (Å²) in [7, 11) is -2.45. The zero-order chi connectivity index (χ0) is 22.7. The standard InChI is InChI=1S/C22H25N3O5S2/c1-30-18-9-5-4-8-16(18)24-32(28,29)15-10-11-19-17(14-15)23-21(26)20(31-19)22(27)25-12-6-2-3-7-13-25/h4-5,8-11,14,20,24H,2-3,6-7,12-13H2,1H3,(H,23,26)/t20-/m0/s1. The van der Waals surface area contributed by atoms with Crippen LogP contribution < -0.4 is 14.8 Å². The number of methoxy groups -OCH3 is 1. The van der Waals surface area contributed by atoms with Gasteiger partial charge in [0.15, 0.2) is 5.25 Å². The van der Waals surface area contributed by atoms with Gasteiger partial charge in [0, 0.05) is 18.0 Å². The fourth-order valence-corrected chi connectivity index (χ4v) is 5.96. The van der Waals surface area contributed by atoms with Crippen molar-refractivity contribution in [1.82, 2.24) is 4.90 Å². The Bertz CT molecular complexity index is 1130. The van der Waals surface area contributed by atoms with E-state index in [1.807, 2.05) is 0 Å². The van der Waals surface area contributed by atoms with Crippen LogP contribution in [-0.4, -0.2) is 50.6 Å². The van der Waals surface area contributed by atoms with Gasteiger partial charge in [-0.3, -0.25) is 14.3 Å². The molecular weight excluding hydrogens is 450 g/mol. The summed E-state index contributed by atoms with van der Waals surface area (Å²) in [5.41, 5.74) is 0.692. The number of rotatable bonds is 5. The predicted octanol–water partition coefficient (Wildman–Crippen LogP) is 3.31. The predicted molar refractivity (Wildman–Crippen MR) is 124 cm³/mol. The molecule has 32 heavy (non-hydrogen) atoms. The van der Waals surface area contributed by atoms with E-state index in [4.69, 9.17) is 4.74 Å². The van der Waals surface area contributed by atoms with Crippen molar-refractivity contribution >= 4 is 45.0 Å². The van der Waals surface area contributed by atoms with Crippen molar-refractivity contribution < 1.29 is 22.7 Å². The van der Waals surface area contributed by atoms with E-state index >= 15 is 0 Å². The molecule has 1 fully saturated rings. The number of nitrogens with zero attached hydrogens (tertiary/aromatic N) is 1. The van der Waals surface area contributed by atoms with Gasteiger partial charge in [-0.15, -0.1) is 11.8 Å². The van der Waals surface area contributed by atoms with Crippen molar-refractivity contribution in [2.45, 2.75) is 40.7 Å². The Hall–Kier alpha value is -2.72. The highest BCUT2D eigenvalue weighted by molar-refractivity contribution is 8.01. The molecule has 0 saturated carbocycles. The molecule has 2 amide bonds. The van der Waals surface area contributed by atoms with E-state index in [9.17, 15) is 18.0 Å². The Labute approximate surface area is 191 Å². The Kier molecular flexibility index (Phi) is 6.61. The van der Waals surface area contributed by atoms with Crippen LogP contribution in [-0.2, 0) is 19.6 Å². The highest BCUT2D eigenvalue weighted by atomic mass is 32.2. The molecule has 0 radical (unpaired) electrons. The van der Waals surface area contributed by atoms with Crippen LogP contribution in [0.3, 0.4) is 0 Å². The summed E-state index contributed by atoms with van der Waals surface area (Å²) in [6.07, 6.45) is 4.08. The van der Waals surface area contributed by atoms with E-state index in [0.29, 0.717) is 35.1 Å². The molecule has 10 heteroatoms. The molecule has 0 bridgehead atoms. The molecule has 0 spiro atoms. The monoisotopic (exact) mass is 475 g/mol. The largest absolute Gasteiger partial charge is 0.495 e. The van der Waals surface area contributed by atoms with E-state index in [2.05, 4.69) is 10.0 Å². The van der Waals surface area contributed by atoms with Crippen LogP contribution in [0.25, 0.3) is 0 Å². The number of carbonyl (C=O) groups is 2. The molecule has 1 saturated heterocycles. The number of ether oxygens (including phenoxy) is 1. The Morgan fingerprint density at radius 1 is 1.12 bits per heavy atom. The Balaban J connectivity index is 1.54. The molecule has 4 rings (SSSR count). The van der Waals surface area contributed by atoms with E-state index in [1.54, 1.807) is 35.2 Å². The summed E-state index contributed by atoms with van der Waals surface area (Å²) in [6.45, 7) is 1.34. The summed E-state index contributed by atoms with van der Waals surface area (Å²) in [6, 6.07) is 11.2. The van der Waals surface area contributed by atoms with E-state index < -0.39 is 21.2 Å². The van der Waals surface area contributed by atoms with E-state index in [1.165, 1.54) is 19.2 Å². The van der Waals surface area contributed by atoms with Gasteiger partial charge in [0.1, 0.15) is 5.75 Å². The quantitative estimate of drug-likeness (QED) is 0.643. The Morgan fingerprint density at radius 2 is 1.84 bits per heavy atom. The number of para-hydroxylation sites is 2. The first kappa shape index (κ1) is 22.5. The molecule has 2 aromatic carbocycles. The van der Waals surface area contributed by atoms with Crippen LogP contribution in [0.5, 0.6) is 5.75 Å². The lowest BCUT2D eigenvalue weighted by molar-refractivity contribution is -0.133. The second-order valence-electron chi connectivity index (χ2n) is 7.69. The van der Waals surface area contributed by atoms with Gasteiger partial charge in [0.25, 0.3) is 10.0 Å². The second kappa shape index (κ2) is 9.41. The van der Waals surface area contributed by atoms with E-state index in [0.717, 1.165) is 37.4 Å². The highest BCUT2D eigenvalue weighted by Gasteiger charge is 2.36. The summed E-state index contributed by atoms with van der Waals surface area (Å²) in [5, 5.41) is 1.85. The molecule has 2 aliphatic heterocycles.